The van der Waals surface area contributed by atoms with Gasteiger partial charge in [0, 0.05) is 20.2 Å². The fourth-order valence-corrected chi connectivity index (χ4v) is 3.94. The standard InChI is InChI=1S/C14H22N2O3S.ClH/c1-19-9-7-12-2-4-14(5-3-12)20(17,18)16-8-6-13(10-15)11-16;/h2-5,13H,6-11,15H2,1H3;1H. The lowest BCUT2D eigenvalue weighted by molar-refractivity contribution is 0.202. The summed E-state index contributed by atoms with van der Waals surface area (Å²) in [6.45, 7) is 2.28. The number of benzene rings is 1. The summed E-state index contributed by atoms with van der Waals surface area (Å²) in [5.74, 6) is 0.283. The smallest absolute Gasteiger partial charge is 0.243 e. The van der Waals surface area contributed by atoms with E-state index in [2.05, 4.69) is 0 Å². The monoisotopic (exact) mass is 334 g/mol. The second-order valence-electron chi connectivity index (χ2n) is 5.14. The first-order valence-electron chi connectivity index (χ1n) is 6.86. The van der Waals surface area contributed by atoms with Crippen LogP contribution in [0.2, 0.25) is 0 Å². The highest BCUT2D eigenvalue weighted by Gasteiger charge is 2.31. The summed E-state index contributed by atoms with van der Waals surface area (Å²) in [6, 6.07) is 7.05. The van der Waals surface area contributed by atoms with Gasteiger partial charge in [0.05, 0.1) is 11.5 Å². The fraction of sp³-hybridized carbons (Fsp3) is 0.571. The summed E-state index contributed by atoms with van der Waals surface area (Å²) in [5, 5.41) is 0. The molecule has 5 nitrogen and oxygen atoms in total. The molecule has 0 bridgehead atoms. The van der Waals surface area contributed by atoms with Gasteiger partial charge in [0.2, 0.25) is 10.0 Å². The van der Waals surface area contributed by atoms with Gasteiger partial charge in [-0.25, -0.2) is 8.42 Å². The number of halogens is 1. The van der Waals surface area contributed by atoms with Crippen LogP contribution >= 0.6 is 12.4 Å². The van der Waals surface area contributed by atoms with Crippen molar-refractivity contribution in [3.63, 3.8) is 0 Å². The molecule has 7 heteroatoms. The Bertz CT molecular complexity index is 534. The SMILES string of the molecule is COCCc1ccc(S(=O)(=O)N2CCC(CN)C2)cc1.Cl. The van der Waals surface area contributed by atoms with Crippen LogP contribution in [0.5, 0.6) is 0 Å². The molecule has 1 aliphatic rings. The van der Waals surface area contributed by atoms with Crippen molar-refractivity contribution in [1.82, 2.24) is 4.31 Å². The van der Waals surface area contributed by atoms with Gasteiger partial charge in [-0.2, -0.15) is 4.31 Å². The minimum Gasteiger partial charge on any atom is -0.384 e. The van der Waals surface area contributed by atoms with Gasteiger partial charge in [-0.15, -0.1) is 12.4 Å². The van der Waals surface area contributed by atoms with E-state index in [0.29, 0.717) is 31.1 Å². The summed E-state index contributed by atoms with van der Waals surface area (Å²) in [5.41, 5.74) is 6.69. The first kappa shape index (κ1) is 18.4. The molecule has 21 heavy (non-hydrogen) atoms. The van der Waals surface area contributed by atoms with Crippen molar-refractivity contribution in [1.29, 1.82) is 0 Å². The van der Waals surface area contributed by atoms with Crippen molar-refractivity contribution < 1.29 is 13.2 Å². The molecule has 0 aromatic heterocycles. The molecule has 1 fully saturated rings. The average Bonchev–Trinajstić information content (AvgIpc) is 2.95. The third kappa shape index (κ3) is 4.40. The maximum Gasteiger partial charge on any atom is 0.243 e. The third-order valence-electron chi connectivity index (χ3n) is 3.74. The van der Waals surface area contributed by atoms with Gasteiger partial charge in [-0.1, -0.05) is 12.1 Å². The van der Waals surface area contributed by atoms with Gasteiger partial charge in [0.25, 0.3) is 0 Å². The Morgan fingerprint density at radius 3 is 2.52 bits per heavy atom. The Hall–Kier alpha value is -0.660. The highest BCUT2D eigenvalue weighted by Crippen LogP contribution is 2.24. The molecule has 0 radical (unpaired) electrons. The minimum atomic E-state index is -3.37. The zero-order chi connectivity index (χ0) is 14.6. The summed E-state index contributed by atoms with van der Waals surface area (Å²) in [6.07, 6.45) is 1.64. The Labute approximate surface area is 132 Å². The van der Waals surface area contributed by atoms with Crippen molar-refractivity contribution in [3.8, 4) is 0 Å². The van der Waals surface area contributed by atoms with Gasteiger partial charge < -0.3 is 10.5 Å². The molecule has 1 atom stereocenters. The minimum absolute atomic E-state index is 0. The molecule has 1 aliphatic heterocycles. The molecular formula is C14H23ClN2O3S. The van der Waals surface area contributed by atoms with Crippen LogP contribution in [0.1, 0.15) is 12.0 Å². The Morgan fingerprint density at radius 2 is 2.00 bits per heavy atom. The van der Waals surface area contributed by atoms with E-state index >= 15 is 0 Å². The zero-order valence-electron chi connectivity index (χ0n) is 12.2. The third-order valence-corrected chi connectivity index (χ3v) is 5.62. The number of hydrogen-bond acceptors (Lipinski definition) is 4. The highest BCUT2D eigenvalue weighted by molar-refractivity contribution is 7.89. The lowest BCUT2D eigenvalue weighted by Gasteiger charge is -2.16. The summed E-state index contributed by atoms with van der Waals surface area (Å²) in [7, 11) is -1.72. The maximum atomic E-state index is 12.5. The summed E-state index contributed by atoms with van der Waals surface area (Å²) in [4.78, 5) is 0.358. The van der Waals surface area contributed by atoms with Crippen molar-refractivity contribution >= 4 is 22.4 Å². The summed E-state index contributed by atoms with van der Waals surface area (Å²) < 4.78 is 31.5. The Morgan fingerprint density at radius 1 is 1.33 bits per heavy atom. The molecule has 1 aromatic rings. The quantitative estimate of drug-likeness (QED) is 0.850. The predicted molar refractivity (Wildman–Crippen MR) is 85.2 cm³/mol. The van der Waals surface area contributed by atoms with Gasteiger partial charge in [0.1, 0.15) is 0 Å². The van der Waals surface area contributed by atoms with Crippen molar-refractivity contribution in [2.45, 2.75) is 17.7 Å². The number of rotatable bonds is 6. The van der Waals surface area contributed by atoms with Gasteiger partial charge in [0.15, 0.2) is 0 Å². The van der Waals surface area contributed by atoms with Gasteiger partial charge >= 0.3 is 0 Å². The molecule has 1 aromatic carbocycles. The van der Waals surface area contributed by atoms with Gasteiger partial charge in [-0.3, -0.25) is 0 Å². The number of nitrogens with zero attached hydrogens (tertiary/aromatic N) is 1. The average molecular weight is 335 g/mol. The largest absolute Gasteiger partial charge is 0.384 e. The van der Waals surface area contributed by atoms with E-state index in [1.165, 1.54) is 4.31 Å². The summed E-state index contributed by atoms with van der Waals surface area (Å²) >= 11 is 0. The molecular weight excluding hydrogens is 312 g/mol. The van der Waals surface area contributed by atoms with Crippen LogP contribution in [0, 0.1) is 5.92 Å². The van der Waals surface area contributed by atoms with E-state index in [-0.39, 0.29) is 18.3 Å². The lowest BCUT2D eigenvalue weighted by Crippen LogP contribution is -2.30. The van der Waals surface area contributed by atoms with Crippen LogP contribution in [0.4, 0.5) is 0 Å². The molecule has 2 rings (SSSR count). The van der Waals surface area contributed by atoms with E-state index < -0.39 is 10.0 Å². The van der Waals surface area contributed by atoms with Gasteiger partial charge in [-0.05, 0) is 43.0 Å². The number of sulfonamides is 1. The maximum absolute atomic E-state index is 12.5. The molecule has 120 valence electrons. The normalized spacial score (nSPS) is 19.4. The molecule has 0 spiro atoms. The Balaban J connectivity index is 0.00000220. The molecule has 1 heterocycles. The van der Waals surface area contributed by atoms with E-state index in [1.54, 1.807) is 19.2 Å². The van der Waals surface area contributed by atoms with Crippen LogP contribution in [0.3, 0.4) is 0 Å². The second kappa shape index (κ2) is 8.10. The van der Waals surface area contributed by atoms with Crippen LogP contribution in [-0.4, -0.2) is 46.1 Å². The van der Waals surface area contributed by atoms with Crippen LogP contribution in [0.15, 0.2) is 29.2 Å². The second-order valence-corrected chi connectivity index (χ2v) is 7.08. The molecule has 2 N–H and O–H groups in total. The number of ether oxygens (including phenoxy) is 1. The van der Waals surface area contributed by atoms with Crippen LogP contribution in [0.25, 0.3) is 0 Å². The molecule has 0 amide bonds. The fourth-order valence-electron chi connectivity index (χ4n) is 2.40. The van der Waals surface area contributed by atoms with E-state index in [0.717, 1.165) is 18.4 Å². The number of nitrogens with two attached hydrogens (primary N) is 1. The van der Waals surface area contributed by atoms with Crippen molar-refractivity contribution in [2.75, 3.05) is 33.4 Å². The van der Waals surface area contributed by atoms with Crippen molar-refractivity contribution in [2.24, 2.45) is 11.7 Å². The number of hydrogen-bond donors (Lipinski definition) is 1. The van der Waals surface area contributed by atoms with E-state index in [1.807, 2.05) is 12.1 Å². The Kier molecular flexibility index (Phi) is 7.09. The van der Waals surface area contributed by atoms with Crippen LogP contribution in [-0.2, 0) is 21.2 Å². The molecule has 1 unspecified atom stereocenters. The van der Waals surface area contributed by atoms with E-state index in [4.69, 9.17) is 10.5 Å². The molecule has 0 saturated carbocycles. The molecule has 1 saturated heterocycles. The predicted octanol–water partition coefficient (Wildman–Crippen LogP) is 1.27. The first-order chi connectivity index (χ1) is 9.57. The zero-order valence-corrected chi connectivity index (χ0v) is 13.8. The van der Waals surface area contributed by atoms with Crippen molar-refractivity contribution in [3.05, 3.63) is 29.8 Å². The highest BCUT2D eigenvalue weighted by atomic mass is 35.5. The first-order valence-corrected chi connectivity index (χ1v) is 8.30. The van der Waals surface area contributed by atoms with Crippen LogP contribution < -0.4 is 5.73 Å². The topological polar surface area (TPSA) is 72.6 Å². The molecule has 0 aliphatic carbocycles. The number of methoxy groups -OCH3 is 1. The van der Waals surface area contributed by atoms with E-state index in [9.17, 15) is 8.42 Å². The lowest BCUT2D eigenvalue weighted by atomic mass is 10.1.